The van der Waals surface area contributed by atoms with E-state index < -0.39 is 23.7 Å². The predicted molar refractivity (Wildman–Crippen MR) is 186 cm³/mol. The summed E-state index contributed by atoms with van der Waals surface area (Å²) in [6, 6.07) is 20.2. The number of fused-ring (bicyclic) bond motifs is 2. The Balaban J connectivity index is 1.01. The highest BCUT2D eigenvalue weighted by Crippen LogP contribution is 2.46. The van der Waals surface area contributed by atoms with Gasteiger partial charge < -0.3 is 24.2 Å². The van der Waals surface area contributed by atoms with Gasteiger partial charge in [-0.2, -0.15) is 18.4 Å². The summed E-state index contributed by atoms with van der Waals surface area (Å²) in [6.45, 7) is 8.98. The number of pyridine rings is 2. The third kappa shape index (κ3) is 6.26. The van der Waals surface area contributed by atoms with Crippen LogP contribution in [0.1, 0.15) is 42.3 Å². The first-order valence-corrected chi connectivity index (χ1v) is 17.2. The maximum Gasteiger partial charge on any atom is 0.430 e. The summed E-state index contributed by atoms with van der Waals surface area (Å²) < 4.78 is 55.5. The zero-order chi connectivity index (χ0) is 35.9. The molecular formula is C38H40F3N7O3. The molecule has 13 heteroatoms. The van der Waals surface area contributed by atoms with Crippen LogP contribution >= 0.6 is 0 Å². The maximum absolute atomic E-state index is 14.7. The van der Waals surface area contributed by atoms with Crippen LogP contribution < -0.4 is 9.80 Å². The lowest BCUT2D eigenvalue weighted by atomic mass is 9.90. The number of aromatic nitrogens is 2. The van der Waals surface area contributed by atoms with Gasteiger partial charge in [-0.05, 0) is 49.7 Å². The highest BCUT2D eigenvalue weighted by molar-refractivity contribution is 5.95. The van der Waals surface area contributed by atoms with E-state index in [4.69, 9.17) is 14.5 Å². The molecule has 2 saturated heterocycles. The van der Waals surface area contributed by atoms with Crippen molar-refractivity contribution in [1.82, 2.24) is 19.8 Å². The molecule has 266 valence electrons. The van der Waals surface area contributed by atoms with Crippen molar-refractivity contribution in [3.63, 3.8) is 0 Å². The Morgan fingerprint density at radius 2 is 1.75 bits per heavy atom. The molecule has 51 heavy (non-hydrogen) atoms. The van der Waals surface area contributed by atoms with E-state index in [1.54, 1.807) is 19.2 Å². The van der Waals surface area contributed by atoms with Gasteiger partial charge in [-0.1, -0.05) is 36.4 Å². The van der Waals surface area contributed by atoms with Crippen molar-refractivity contribution < 1.29 is 27.4 Å². The second-order valence-corrected chi connectivity index (χ2v) is 13.5. The average molecular weight is 700 g/mol. The fourth-order valence-corrected chi connectivity index (χ4v) is 7.82. The first-order valence-electron chi connectivity index (χ1n) is 17.2. The molecule has 0 bridgehead atoms. The van der Waals surface area contributed by atoms with E-state index >= 15 is 0 Å². The van der Waals surface area contributed by atoms with Crippen LogP contribution in [0.15, 0.2) is 72.9 Å². The van der Waals surface area contributed by atoms with Crippen molar-refractivity contribution in [1.29, 1.82) is 5.26 Å². The number of morpholine rings is 1. The van der Waals surface area contributed by atoms with Gasteiger partial charge in [0.15, 0.2) is 0 Å². The van der Waals surface area contributed by atoms with Crippen molar-refractivity contribution in [2.24, 2.45) is 0 Å². The van der Waals surface area contributed by atoms with Gasteiger partial charge in [0.05, 0.1) is 41.6 Å². The van der Waals surface area contributed by atoms with Crippen molar-refractivity contribution >= 4 is 28.3 Å². The number of halogens is 3. The maximum atomic E-state index is 14.7. The van der Waals surface area contributed by atoms with Crippen LogP contribution in [0.4, 0.5) is 24.7 Å². The van der Waals surface area contributed by atoms with Gasteiger partial charge in [-0.3, -0.25) is 14.7 Å². The minimum Gasteiger partial charge on any atom is -0.370 e. The van der Waals surface area contributed by atoms with Crippen molar-refractivity contribution in [2.75, 3.05) is 62.7 Å². The van der Waals surface area contributed by atoms with E-state index in [0.29, 0.717) is 23.3 Å². The molecule has 5 heterocycles. The van der Waals surface area contributed by atoms with E-state index in [1.165, 1.54) is 29.2 Å². The summed E-state index contributed by atoms with van der Waals surface area (Å²) in [7, 11) is 0.925. The molecule has 0 spiro atoms. The van der Waals surface area contributed by atoms with Gasteiger partial charge in [-0.25, -0.2) is 4.98 Å². The molecule has 0 unspecified atom stereocenters. The number of nitrogens with zero attached hydrogens (tertiary/aromatic N) is 7. The lowest BCUT2D eigenvalue weighted by Crippen LogP contribution is -2.56. The molecule has 0 aliphatic carbocycles. The van der Waals surface area contributed by atoms with Crippen molar-refractivity contribution in [2.45, 2.75) is 50.4 Å². The smallest absolute Gasteiger partial charge is 0.370 e. The Kier molecular flexibility index (Phi) is 9.34. The molecule has 2 fully saturated rings. The van der Waals surface area contributed by atoms with Crippen LogP contribution in [0.25, 0.3) is 10.9 Å². The molecule has 7 rings (SSSR count). The highest BCUT2D eigenvalue weighted by atomic mass is 19.4. The number of methoxy groups -OCH3 is 1. The van der Waals surface area contributed by atoms with Gasteiger partial charge >= 0.3 is 6.18 Å². The Morgan fingerprint density at radius 1 is 0.980 bits per heavy atom. The molecule has 0 N–H and O–H groups in total. The summed E-state index contributed by atoms with van der Waals surface area (Å²) in [4.78, 5) is 31.3. The number of carbonyl (C=O) groups excluding carboxylic acids is 1. The predicted octanol–water partition coefficient (Wildman–Crippen LogP) is 5.42. The van der Waals surface area contributed by atoms with Gasteiger partial charge in [0.1, 0.15) is 11.9 Å². The first-order chi connectivity index (χ1) is 24.5. The number of carbonyl (C=O) groups is 1. The lowest BCUT2D eigenvalue weighted by molar-refractivity contribution is -0.271. The van der Waals surface area contributed by atoms with Gasteiger partial charge in [-0.15, -0.1) is 0 Å². The topological polar surface area (TPSA) is 98.1 Å². The molecule has 2 aromatic heterocycles. The van der Waals surface area contributed by atoms with E-state index in [0.717, 1.165) is 68.8 Å². The molecule has 4 aromatic rings. The molecule has 3 aliphatic heterocycles. The zero-order valence-electron chi connectivity index (χ0n) is 28.8. The van der Waals surface area contributed by atoms with Crippen LogP contribution in [0.2, 0.25) is 0 Å². The summed E-state index contributed by atoms with van der Waals surface area (Å²) in [5, 5.41) is 10.5. The Bertz CT molecular complexity index is 1950. The van der Waals surface area contributed by atoms with E-state index in [2.05, 4.69) is 32.7 Å². The van der Waals surface area contributed by atoms with Crippen molar-refractivity contribution in [3.8, 4) is 6.07 Å². The Morgan fingerprint density at radius 3 is 2.45 bits per heavy atom. The molecular weight excluding hydrogens is 659 g/mol. The zero-order valence-corrected chi connectivity index (χ0v) is 28.8. The number of rotatable bonds is 7. The molecule has 0 radical (unpaired) electrons. The normalized spacial score (nSPS) is 22.5. The molecule has 2 aromatic carbocycles. The number of nitriles is 1. The number of alkyl halides is 3. The number of hydrogen-bond acceptors (Lipinski definition) is 9. The molecule has 3 aliphatic rings. The fraction of sp³-hybridized carbons (Fsp3) is 0.421. The number of piperazine rings is 1. The largest absolute Gasteiger partial charge is 0.430 e. The summed E-state index contributed by atoms with van der Waals surface area (Å²) >= 11 is 0. The number of amides is 1. The lowest BCUT2D eigenvalue weighted by Gasteiger charge is -2.42. The van der Waals surface area contributed by atoms with Gasteiger partial charge in [0, 0.05) is 75.8 Å². The van der Waals surface area contributed by atoms with Gasteiger partial charge in [0.25, 0.3) is 11.5 Å². The van der Waals surface area contributed by atoms with E-state index in [1.807, 2.05) is 36.4 Å². The second kappa shape index (κ2) is 13.7. The number of hydrogen-bond donors (Lipinski definition) is 0. The van der Waals surface area contributed by atoms with Crippen molar-refractivity contribution in [3.05, 3.63) is 95.3 Å². The molecule has 10 nitrogen and oxygen atoms in total. The number of benzene rings is 2. The molecule has 4 atom stereocenters. The third-order valence-electron chi connectivity index (χ3n) is 10.4. The monoisotopic (exact) mass is 699 g/mol. The van der Waals surface area contributed by atoms with Crippen LogP contribution in [0.3, 0.4) is 0 Å². The second-order valence-electron chi connectivity index (χ2n) is 13.5. The van der Waals surface area contributed by atoms with E-state index in [-0.39, 0.29) is 24.3 Å². The summed E-state index contributed by atoms with van der Waals surface area (Å²) in [5.74, 6) is -0.423. The standard InChI is InChI=1S/C38H40F3N7O3/c1-25-21-47(33-13-11-27(20-42)35-31(33)10-7-15-43-35)23-29(51-25)22-45-16-18-46(19-17-45)34-14-12-30-26(2)48(24-32(30)44-34)36(49)37(50-3,38(39,40)41)28-8-5-4-6-9-28/h4-15,25-26,29H,16-19,21-24H2,1-3H3/t25-,26+,29+,37-/m1/s1. The minimum atomic E-state index is -4.98. The Labute approximate surface area is 295 Å². The quantitative estimate of drug-likeness (QED) is 0.251. The van der Waals surface area contributed by atoms with Gasteiger partial charge in [0.2, 0.25) is 0 Å². The number of ether oxygens (including phenoxy) is 2. The summed E-state index contributed by atoms with van der Waals surface area (Å²) in [5.41, 5.74) is 0.228. The van der Waals surface area contributed by atoms with Crippen LogP contribution in [-0.4, -0.2) is 97.0 Å². The summed E-state index contributed by atoms with van der Waals surface area (Å²) in [6.07, 6.45) is -3.27. The van der Waals surface area contributed by atoms with Crippen LogP contribution in [0.5, 0.6) is 0 Å². The van der Waals surface area contributed by atoms with Crippen LogP contribution in [0, 0.1) is 11.3 Å². The van der Waals surface area contributed by atoms with E-state index in [9.17, 15) is 23.2 Å². The number of anilines is 2. The minimum absolute atomic E-state index is 0.0161. The SMILES string of the molecule is CO[C@@](C(=O)N1Cc2nc(N3CCN(C[C@H]4CN(c5ccc(C#N)c6ncccc56)C[C@@H](C)O4)CC3)ccc2[C@@H]1C)(c1ccccc1)C(F)(F)F. The molecule has 0 saturated carbocycles. The first kappa shape index (κ1) is 34.7. The fourth-order valence-electron chi connectivity index (χ4n) is 7.82. The van der Waals surface area contributed by atoms with Crippen LogP contribution in [-0.2, 0) is 26.4 Å². The highest BCUT2D eigenvalue weighted by Gasteiger charge is 2.64. The Hall–Kier alpha value is -4.77. The average Bonchev–Trinajstić information content (AvgIpc) is 3.46. The molecule has 1 amide bonds. The third-order valence-corrected chi connectivity index (χ3v) is 10.4.